The lowest BCUT2D eigenvalue weighted by Crippen LogP contribution is -2.25. The highest BCUT2D eigenvalue weighted by atomic mass is 16.6. The minimum Gasteiger partial charge on any atom is -0.489 e. The summed E-state index contributed by atoms with van der Waals surface area (Å²) in [4.78, 5) is 22.1. The number of nitro groups is 1. The van der Waals surface area contributed by atoms with Crippen molar-refractivity contribution in [3.63, 3.8) is 0 Å². The van der Waals surface area contributed by atoms with Crippen molar-refractivity contribution in [1.29, 1.82) is 0 Å². The maximum absolute atomic E-state index is 11.9. The molecule has 0 aliphatic rings. The van der Waals surface area contributed by atoms with Gasteiger partial charge in [-0.05, 0) is 54.4 Å². The van der Waals surface area contributed by atoms with E-state index in [4.69, 9.17) is 9.47 Å². The van der Waals surface area contributed by atoms with E-state index < -0.39 is 10.8 Å². The van der Waals surface area contributed by atoms with Crippen LogP contribution in [-0.2, 0) is 11.4 Å². The number of benzene rings is 3. The van der Waals surface area contributed by atoms with Crippen molar-refractivity contribution >= 4 is 17.3 Å². The first kappa shape index (κ1) is 21.5. The zero-order valence-corrected chi connectivity index (χ0v) is 16.9. The van der Waals surface area contributed by atoms with E-state index >= 15 is 0 Å². The average molecular weight is 419 g/mol. The number of rotatable bonds is 9. The van der Waals surface area contributed by atoms with Gasteiger partial charge in [0.1, 0.15) is 18.1 Å². The summed E-state index contributed by atoms with van der Waals surface area (Å²) >= 11 is 0. The molecular formula is C23H21N3O5. The number of hydrogen-bond donors (Lipinski definition) is 1. The molecule has 1 amide bonds. The van der Waals surface area contributed by atoms with Crippen molar-refractivity contribution in [2.45, 2.75) is 13.5 Å². The molecule has 31 heavy (non-hydrogen) atoms. The van der Waals surface area contributed by atoms with E-state index in [1.807, 2.05) is 54.6 Å². The third-order valence-corrected chi connectivity index (χ3v) is 4.29. The van der Waals surface area contributed by atoms with E-state index in [0.29, 0.717) is 18.1 Å². The predicted octanol–water partition coefficient (Wildman–Crippen LogP) is 4.09. The van der Waals surface area contributed by atoms with Gasteiger partial charge in [-0.3, -0.25) is 14.9 Å². The molecule has 8 nitrogen and oxygen atoms in total. The van der Waals surface area contributed by atoms with E-state index in [2.05, 4.69) is 10.5 Å². The molecule has 0 saturated heterocycles. The van der Waals surface area contributed by atoms with Crippen LogP contribution in [0.15, 0.2) is 84.0 Å². The van der Waals surface area contributed by atoms with Crippen molar-refractivity contribution in [2.24, 2.45) is 5.10 Å². The van der Waals surface area contributed by atoms with Gasteiger partial charge in [-0.1, -0.05) is 30.3 Å². The van der Waals surface area contributed by atoms with Crippen molar-refractivity contribution < 1.29 is 19.2 Å². The van der Waals surface area contributed by atoms with E-state index in [-0.39, 0.29) is 12.3 Å². The molecule has 0 atom stereocenters. The maximum Gasteiger partial charge on any atom is 0.277 e. The quantitative estimate of drug-likeness (QED) is 0.320. The highest BCUT2D eigenvalue weighted by Crippen LogP contribution is 2.17. The second-order valence-electron chi connectivity index (χ2n) is 6.57. The Labute approximate surface area is 179 Å². The summed E-state index contributed by atoms with van der Waals surface area (Å²) in [5.41, 5.74) is 4.93. The van der Waals surface area contributed by atoms with Gasteiger partial charge in [-0.2, -0.15) is 5.10 Å². The molecule has 0 aliphatic heterocycles. The summed E-state index contributed by atoms with van der Waals surface area (Å²) in [5, 5.41) is 14.7. The highest BCUT2D eigenvalue weighted by molar-refractivity contribution is 5.99. The number of hydrogen-bond acceptors (Lipinski definition) is 6. The monoisotopic (exact) mass is 419 g/mol. The fraction of sp³-hybridized carbons (Fsp3) is 0.130. The summed E-state index contributed by atoms with van der Waals surface area (Å²) < 4.78 is 11.1. The van der Waals surface area contributed by atoms with Gasteiger partial charge in [0.05, 0.1) is 10.6 Å². The molecule has 1 N–H and O–H groups in total. The first-order valence-electron chi connectivity index (χ1n) is 9.49. The van der Waals surface area contributed by atoms with E-state index in [1.54, 1.807) is 6.92 Å². The lowest BCUT2D eigenvalue weighted by atomic mass is 10.1. The van der Waals surface area contributed by atoms with Gasteiger partial charge in [-0.25, -0.2) is 5.43 Å². The fourth-order valence-corrected chi connectivity index (χ4v) is 2.59. The van der Waals surface area contributed by atoms with Crippen molar-refractivity contribution in [2.75, 3.05) is 6.61 Å². The van der Waals surface area contributed by atoms with Crippen LogP contribution in [-0.4, -0.2) is 23.1 Å². The number of amides is 1. The SMILES string of the molecule is C/C(=N\NC(=O)COc1ccc([N+](=O)[O-])cc1)c1ccc(OCc2ccccc2)cc1. The Morgan fingerprint density at radius 1 is 0.935 bits per heavy atom. The molecule has 0 bridgehead atoms. The van der Waals surface area contributed by atoms with Crippen molar-refractivity contribution in [3.05, 3.63) is 100 Å². The second kappa shape index (κ2) is 10.5. The molecule has 158 valence electrons. The van der Waals surface area contributed by atoms with Crippen LogP contribution in [0.2, 0.25) is 0 Å². The second-order valence-corrected chi connectivity index (χ2v) is 6.57. The summed E-state index contributed by atoms with van der Waals surface area (Å²) in [6.07, 6.45) is 0. The molecule has 0 aliphatic carbocycles. The Morgan fingerprint density at radius 3 is 2.19 bits per heavy atom. The van der Waals surface area contributed by atoms with Crippen LogP contribution in [0.5, 0.6) is 11.5 Å². The predicted molar refractivity (Wildman–Crippen MR) is 116 cm³/mol. The third kappa shape index (κ3) is 6.67. The molecule has 0 aromatic heterocycles. The van der Waals surface area contributed by atoms with Crippen LogP contribution in [0.4, 0.5) is 5.69 Å². The normalized spacial score (nSPS) is 10.9. The van der Waals surface area contributed by atoms with Gasteiger partial charge in [0.15, 0.2) is 6.61 Å². The molecule has 3 aromatic rings. The molecule has 8 heteroatoms. The molecular weight excluding hydrogens is 398 g/mol. The Balaban J connectivity index is 1.46. The van der Waals surface area contributed by atoms with Crippen LogP contribution in [0.1, 0.15) is 18.1 Å². The van der Waals surface area contributed by atoms with Gasteiger partial charge < -0.3 is 9.47 Å². The molecule has 0 heterocycles. The highest BCUT2D eigenvalue weighted by Gasteiger charge is 2.07. The molecule has 0 unspecified atom stereocenters. The van der Waals surface area contributed by atoms with Crippen LogP contribution in [0.3, 0.4) is 0 Å². The number of carbonyl (C=O) groups is 1. The molecule has 3 aromatic carbocycles. The zero-order valence-electron chi connectivity index (χ0n) is 16.9. The minimum absolute atomic E-state index is 0.0477. The Kier molecular flexibility index (Phi) is 7.31. The number of ether oxygens (including phenoxy) is 2. The lowest BCUT2D eigenvalue weighted by Gasteiger charge is -2.08. The average Bonchev–Trinajstić information content (AvgIpc) is 2.81. The number of hydrazone groups is 1. The largest absolute Gasteiger partial charge is 0.489 e. The lowest BCUT2D eigenvalue weighted by molar-refractivity contribution is -0.384. The Hall–Kier alpha value is -4.20. The first-order chi connectivity index (χ1) is 15.0. The standard InChI is InChI=1S/C23H21N3O5/c1-17(19-7-11-21(12-8-19)30-15-18-5-3-2-4-6-18)24-25-23(27)16-31-22-13-9-20(10-14-22)26(28)29/h2-14H,15-16H2,1H3,(H,25,27)/b24-17+. The summed E-state index contributed by atoms with van der Waals surface area (Å²) in [6, 6.07) is 22.8. The summed E-state index contributed by atoms with van der Waals surface area (Å²) in [7, 11) is 0. The van der Waals surface area contributed by atoms with E-state index in [0.717, 1.165) is 16.9 Å². The van der Waals surface area contributed by atoms with Gasteiger partial charge in [0.2, 0.25) is 0 Å². The van der Waals surface area contributed by atoms with Gasteiger partial charge >= 0.3 is 0 Å². The molecule has 3 rings (SSSR count). The topological polar surface area (TPSA) is 103 Å². The van der Waals surface area contributed by atoms with Crippen LogP contribution in [0.25, 0.3) is 0 Å². The Morgan fingerprint density at radius 2 is 1.55 bits per heavy atom. The minimum atomic E-state index is -0.504. The van der Waals surface area contributed by atoms with Crippen molar-refractivity contribution in [3.8, 4) is 11.5 Å². The smallest absolute Gasteiger partial charge is 0.277 e. The van der Waals surface area contributed by atoms with Crippen molar-refractivity contribution in [1.82, 2.24) is 5.43 Å². The van der Waals surface area contributed by atoms with Crippen LogP contribution in [0, 0.1) is 10.1 Å². The number of nitro benzene ring substituents is 1. The molecule has 0 fully saturated rings. The molecule has 0 saturated carbocycles. The van der Waals surface area contributed by atoms with E-state index in [9.17, 15) is 14.9 Å². The maximum atomic E-state index is 11.9. The summed E-state index contributed by atoms with van der Waals surface area (Å²) in [5.74, 6) is 0.647. The Bertz CT molecular complexity index is 1050. The van der Waals surface area contributed by atoms with E-state index in [1.165, 1.54) is 24.3 Å². The molecule has 0 radical (unpaired) electrons. The number of non-ortho nitro benzene ring substituents is 1. The third-order valence-electron chi connectivity index (χ3n) is 4.29. The number of nitrogens with zero attached hydrogens (tertiary/aromatic N) is 2. The van der Waals surface area contributed by atoms with Crippen LogP contribution >= 0.6 is 0 Å². The summed E-state index contributed by atoms with van der Waals surface area (Å²) in [6.45, 7) is 2.00. The van der Waals surface area contributed by atoms with Crippen LogP contribution < -0.4 is 14.9 Å². The molecule has 0 spiro atoms. The van der Waals surface area contributed by atoms with Gasteiger partial charge in [0, 0.05) is 12.1 Å². The first-order valence-corrected chi connectivity index (χ1v) is 9.49. The fourth-order valence-electron chi connectivity index (χ4n) is 2.59. The van der Waals surface area contributed by atoms with Gasteiger partial charge in [0.25, 0.3) is 11.6 Å². The zero-order chi connectivity index (χ0) is 22.1. The number of nitrogens with one attached hydrogen (secondary N) is 1. The number of carbonyl (C=O) groups excluding carboxylic acids is 1. The van der Waals surface area contributed by atoms with Gasteiger partial charge in [-0.15, -0.1) is 0 Å².